The molecule has 0 amide bonds. The van der Waals surface area contributed by atoms with E-state index in [0.717, 1.165) is 0 Å². The van der Waals surface area contributed by atoms with Crippen molar-refractivity contribution in [3.05, 3.63) is 24.4 Å². The quantitative estimate of drug-likeness (QED) is 0.686. The lowest BCUT2D eigenvalue weighted by atomic mass is 10.2. The van der Waals surface area contributed by atoms with Crippen LogP contribution in [-0.4, -0.2) is 31.2 Å². The molecule has 0 aliphatic heterocycles. The summed E-state index contributed by atoms with van der Waals surface area (Å²) in [6.07, 6.45) is 4.73. The summed E-state index contributed by atoms with van der Waals surface area (Å²) in [4.78, 5) is 3.90. The Morgan fingerprint density at radius 2 is 2.36 bits per heavy atom. The van der Waals surface area contributed by atoms with E-state index in [-0.39, 0.29) is 0 Å². The molecule has 0 radical (unpaired) electrons. The van der Waals surface area contributed by atoms with E-state index in [1.807, 2.05) is 0 Å². The summed E-state index contributed by atoms with van der Waals surface area (Å²) in [7, 11) is 0. The summed E-state index contributed by atoms with van der Waals surface area (Å²) in [6, 6.07) is 0. The molecule has 0 spiro atoms. The smallest absolute Gasteiger partial charge is 0.179 e. The van der Waals surface area contributed by atoms with Crippen molar-refractivity contribution in [2.45, 2.75) is 12.5 Å². The van der Waals surface area contributed by atoms with Gasteiger partial charge >= 0.3 is 0 Å². The Morgan fingerprint density at radius 3 is 3.14 bits per heavy atom. The molecule has 6 heteroatoms. The molecule has 0 bridgehead atoms. The fourth-order valence-corrected chi connectivity index (χ4v) is 1.29. The van der Waals surface area contributed by atoms with Crippen molar-refractivity contribution in [3.8, 4) is 0 Å². The van der Waals surface area contributed by atoms with Gasteiger partial charge in [0.1, 0.15) is 6.10 Å². The highest BCUT2D eigenvalue weighted by molar-refractivity contribution is 5.34. The van der Waals surface area contributed by atoms with Crippen molar-refractivity contribution < 1.29 is 5.11 Å². The number of rotatable bonds is 3. The third kappa shape index (κ3) is 1.45. The van der Waals surface area contributed by atoms with E-state index in [1.165, 1.54) is 0 Å². The number of aromatic nitrogens is 4. The number of aliphatic hydroxyl groups excluding tert-OH is 1. The standard InChI is InChI=1S/C8H11N5O/c9-2-1-6(14)8-12-11-7-5-10-3-4-13(7)8/h3-6,14H,1-2,9H2. The van der Waals surface area contributed by atoms with E-state index >= 15 is 0 Å². The van der Waals surface area contributed by atoms with Gasteiger partial charge in [0, 0.05) is 12.4 Å². The molecule has 1 unspecified atom stereocenters. The molecular formula is C8H11N5O. The topological polar surface area (TPSA) is 89.3 Å². The van der Waals surface area contributed by atoms with E-state index in [1.54, 1.807) is 23.0 Å². The van der Waals surface area contributed by atoms with Crippen LogP contribution < -0.4 is 5.73 Å². The van der Waals surface area contributed by atoms with Crippen molar-refractivity contribution in [3.63, 3.8) is 0 Å². The molecular weight excluding hydrogens is 182 g/mol. The molecule has 0 saturated heterocycles. The van der Waals surface area contributed by atoms with Crippen molar-refractivity contribution in [1.29, 1.82) is 0 Å². The summed E-state index contributed by atoms with van der Waals surface area (Å²) in [5.74, 6) is 0.507. The molecule has 6 nitrogen and oxygen atoms in total. The van der Waals surface area contributed by atoms with Gasteiger partial charge in [-0.3, -0.25) is 9.38 Å². The minimum atomic E-state index is -0.669. The second-order valence-electron chi connectivity index (χ2n) is 2.96. The Hall–Kier alpha value is -1.53. The van der Waals surface area contributed by atoms with Crippen molar-refractivity contribution in [2.75, 3.05) is 6.54 Å². The zero-order chi connectivity index (χ0) is 9.97. The van der Waals surface area contributed by atoms with E-state index in [0.29, 0.717) is 24.4 Å². The predicted octanol–water partition coefficient (Wildman–Crippen LogP) is -0.494. The molecule has 74 valence electrons. The van der Waals surface area contributed by atoms with E-state index < -0.39 is 6.10 Å². The molecule has 2 aromatic rings. The third-order valence-corrected chi connectivity index (χ3v) is 1.98. The van der Waals surface area contributed by atoms with Gasteiger partial charge in [-0.1, -0.05) is 0 Å². The maximum Gasteiger partial charge on any atom is 0.179 e. The molecule has 2 aromatic heterocycles. The molecule has 0 aliphatic rings. The first-order valence-corrected chi connectivity index (χ1v) is 4.35. The Balaban J connectivity index is 2.42. The number of hydrogen-bond donors (Lipinski definition) is 2. The van der Waals surface area contributed by atoms with Crippen LogP contribution in [0.4, 0.5) is 0 Å². The first-order chi connectivity index (χ1) is 6.83. The van der Waals surface area contributed by atoms with Gasteiger partial charge in [0.05, 0.1) is 6.20 Å². The average molecular weight is 193 g/mol. The predicted molar refractivity (Wildman–Crippen MR) is 49.4 cm³/mol. The summed E-state index contributed by atoms with van der Waals surface area (Å²) < 4.78 is 1.70. The molecule has 1 atom stereocenters. The lowest BCUT2D eigenvalue weighted by Crippen LogP contribution is -2.09. The second kappa shape index (κ2) is 3.69. The fraction of sp³-hybridized carbons (Fsp3) is 0.375. The van der Waals surface area contributed by atoms with Crippen LogP contribution in [0.2, 0.25) is 0 Å². The van der Waals surface area contributed by atoms with Crippen LogP contribution in [-0.2, 0) is 0 Å². The van der Waals surface area contributed by atoms with E-state index in [9.17, 15) is 5.11 Å². The first kappa shape index (κ1) is 9.04. The number of fused-ring (bicyclic) bond motifs is 1. The molecule has 0 aliphatic carbocycles. The van der Waals surface area contributed by atoms with Gasteiger partial charge < -0.3 is 10.8 Å². The average Bonchev–Trinajstić information content (AvgIpc) is 2.61. The van der Waals surface area contributed by atoms with Crippen molar-refractivity contribution in [1.82, 2.24) is 19.6 Å². The molecule has 0 fully saturated rings. The van der Waals surface area contributed by atoms with Gasteiger partial charge in [-0.25, -0.2) is 0 Å². The van der Waals surface area contributed by atoms with Crippen LogP contribution in [0.3, 0.4) is 0 Å². The Morgan fingerprint density at radius 1 is 1.50 bits per heavy atom. The molecule has 14 heavy (non-hydrogen) atoms. The van der Waals surface area contributed by atoms with Gasteiger partial charge in [-0.2, -0.15) is 0 Å². The van der Waals surface area contributed by atoms with Gasteiger partial charge in [0.15, 0.2) is 11.5 Å². The molecule has 2 rings (SSSR count). The maximum absolute atomic E-state index is 9.68. The van der Waals surface area contributed by atoms with Crippen LogP contribution in [0.1, 0.15) is 18.3 Å². The summed E-state index contributed by atoms with van der Waals surface area (Å²) in [5.41, 5.74) is 5.97. The number of hydrogen-bond acceptors (Lipinski definition) is 5. The van der Waals surface area contributed by atoms with E-state index in [4.69, 9.17) is 5.73 Å². The van der Waals surface area contributed by atoms with Crippen molar-refractivity contribution in [2.24, 2.45) is 5.73 Å². The highest BCUT2D eigenvalue weighted by Gasteiger charge is 2.13. The highest BCUT2D eigenvalue weighted by Crippen LogP contribution is 2.13. The van der Waals surface area contributed by atoms with Crippen molar-refractivity contribution >= 4 is 5.65 Å². The molecule has 0 saturated carbocycles. The highest BCUT2D eigenvalue weighted by atomic mass is 16.3. The normalized spacial score (nSPS) is 13.3. The lowest BCUT2D eigenvalue weighted by molar-refractivity contribution is 0.159. The minimum Gasteiger partial charge on any atom is -0.385 e. The van der Waals surface area contributed by atoms with Crippen LogP contribution in [0.25, 0.3) is 5.65 Å². The van der Waals surface area contributed by atoms with Crippen LogP contribution in [0.15, 0.2) is 18.6 Å². The second-order valence-corrected chi connectivity index (χ2v) is 2.96. The van der Waals surface area contributed by atoms with Gasteiger partial charge in [-0.05, 0) is 13.0 Å². The van der Waals surface area contributed by atoms with Crippen LogP contribution in [0, 0.1) is 0 Å². The number of nitrogens with two attached hydrogens (primary N) is 1. The molecule has 0 aromatic carbocycles. The number of nitrogens with zero attached hydrogens (tertiary/aromatic N) is 4. The minimum absolute atomic E-state index is 0.418. The first-order valence-electron chi connectivity index (χ1n) is 4.35. The van der Waals surface area contributed by atoms with Crippen LogP contribution >= 0.6 is 0 Å². The summed E-state index contributed by atoms with van der Waals surface area (Å²) in [5, 5.41) is 17.4. The third-order valence-electron chi connectivity index (χ3n) is 1.98. The van der Waals surface area contributed by atoms with E-state index in [2.05, 4.69) is 15.2 Å². The Labute approximate surface area is 80.4 Å². The zero-order valence-corrected chi connectivity index (χ0v) is 7.54. The zero-order valence-electron chi connectivity index (χ0n) is 7.54. The van der Waals surface area contributed by atoms with Crippen LogP contribution in [0.5, 0.6) is 0 Å². The van der Waals surface area contributed by atoms with Gasteiger partial charge in [-0.15, -0.1) is 10.2 Å². The fourth-order valence-electron chi connectivity index (χ4n) is 1.29. The lowest BCUT2D eigenvalue weighted by Gasteiger charge is -2.05. The molecule has 3 N–H and O–H groups in total. The SMILES string of the molecule is NCCC(O)c1nnc2cnccn12. The monoisotopic (exact) mass is 193 g/mol. The summed E-state index contributed by atoms with van der Waals surface area (Å²) >= 11 is 0. The Bertz CT molecular complexity index is 426. The largest absolute Gasteiger partial charge is 0.385 e. The maximum atomic E-state index is 9.68. The van der Waals surface area contributed by atoms with Gasteiger partial charge in [0.25, 0.3) is 0 Å². The summed E-state index contributed by atoms with van der Waals surface area (Å²) in [6.45, 7) is 0.418. The number of aliphatic hydroxyl groups is 1. The van der Waals surface area contributed by atoms with Gasteiger partial charge in [0.2, 0.25) is 0 Å². The Kier molecular flexibility index (Phi) is 2.38. The molecule has 2 heterocycles.